The van der Waals surface area contributed by atoms with E-state index in [1.807, 2.05) is 12.2 Å². The average Bonchev–Trinajstić information content (AvgIpc) is 4.24. The highest BCUT2D eigenvalue weighted by atomic mass is 16.6. The van der Waals surface area contributed by atoms with Crippen LogP contribution in [0.3, 0.4) is 0 Å². The van der Waals surface area contributed by atoms with Crippen molar-refractivity contribution in [1.82, 2.24) is 0 Å². The largest absolute Gasteiger partial charge is 0.462 e. The van der Waals surface area contributed by atoms with Crippen molar-refractivity contribution in [2.75, 3.05) is 13.2 Å². The Morgan fingerprint density at radius 3 is 1.32 bits per heavy atom. The molecule has 0 aromatic carbocycles. The predicted molar refractivity (Wildman–Crippen MR) is 263 cm³/mol. The number of unbranched alkanes of at least 4 members (excludes halogenated alkanes) is 24. The molecule has 0 saturated carbocycles. The molecule has 1 unspecified atom stereocenters. The van der Waals surface area contributed by atoms with Gasteiger partial charge in [0.05, 0.1) is 25.0 Å². The highest BCUT2D eigenvalue weighted by Gasteiger charge is 2.37. The fourth-order valence-electron chi connectivity index (χ4n) is 7.58. The third-order valence-electron chi connectivity index (χ3n) is 11.7. The Bertz CT molecular complexity index is 1550. The van der Waals surface area contributed by atoms with E-state index in [-0.39, 0.29) is 69.3 Å². The van der Waals surface area contributed by atoms with Crippen molar-refractivity contribution in [2.24, 2.45) is 0 Å². The van der Waals surface area contributed by atoms with Gasteiger partial charge in [-0.1, -0.05) is 184 Å². The summed E-state index contributed by atoms with van der Waals surface area (Å²) in [6.07, 6.45) is 39.3. The van der Waals surface area contributed by atoms with Crippen molar-refractivity contribution < 1.29 is 38.1 Å². The molecule has 2 aliphatic rings. The number of carbonyl (C=O) groups excluding carboxylic acids is 3. The molecule has 0 spiro atoms. The average molecular weight is 899 g/mol. The van der Waals surface area contributed by atoms with E-state index in [1.54, 1.807) is 0 Å². The number of ether oxygens (including phenoxy) is 5. The summed E-state index contributed by atoms with van der Waals surface area (Å²) in [5, 5.41) is 0. The number of hydrogen-bond donors (Lipinski definition) is 0. The van der Waals surface area contributed by atoms with Gasteiger partial charge in [-0.3, -0.25) is 14.4 Å². The van der Waals surface area contributed by atoms with Gasteiger partial charge in [-0.2, -0.15) is 0 Å². The first-order chi connectivity index (χ1) is 32.0. The summed E-state index contributed by atoms with van der Waals surface area (Å²) in [7, 11) is 0. The highest BCUT2D eigenvalue weighted by molar-refractivity contribution is 5.71. The van der Waals surface area contributed by atoms with Crippen LogP contribution in [0.2, 0.25) is 0 Å². The molecule has 65 heavy (non-hydrogen) atoms. The molecular weight excluding hydrogens is 813 g/mol. The lowest BCUT2D eigenvalue weighted by Crippen LogP contribution is -2.30. The van der Waals surface area contributed by atoms with Crippen molar-refractivity contribution in [3.63, 3.8) is 0 Å². The van der Waals surface area contributed by atoms with Crippen molar-refractivity contribution in [3.8, 4) is 47.4 Å². The van der Waals surface area contributed by atoms with Crippen LogP contribution in [0.5, 0.6) is 0 Å². The van der Waals surface area contributed by atoms with E-state index in [1.165, 1.54) is 128 Å². The Balaban J connectivity index is 1.67. The number of esters is 3. The predicted octanol–water partition coefficient (Wildman–Crippen LogP) is 13.2. The minimum atomic E-state index is -0.930. The van der Waals surface area contributed by atoms with Gasteiger partial charge in [-0.05, 0) is 68.6 Å². The summed E-state index contributed by atoms with van der Waals surface area (Å²) in [5.41, 5.74) is 0. The van der Waals surface area contributed by atoms with Crippen molar-refractivity contribution >= 4 is 17.9 Å². The molecule has 0 bridgehead atoms. The van der Waals surface area contributed by atoms with Crippen molar-refractivity contribution in [1.29, 1.82) is 0 Å². The fraction of sp³-hybridized carbons (Fsp3) is 0.737. The maximum Gasteiger partial charge on any atom is 0.307 e. The van der Waals surface area contributed by atoms with Gasteiger partial charge in [0.25, 0.3) is 0 Å². The Morgan fingerprint density at radius 2 is 0.877 bits per heavy atom. The molecule has 0 N–H and O–H groups in total. The quantitative estimate of drug-likeness (QED) is 0.0149. The molecule has 2 aliphatic heterocycles. The number of rotatable bonds is 41. The highest BCUT2D eigenvalue weighted by Crippen LogP contribution is 2.28. The second kappa shape index (κ2) is 41.5. The first-order valence-corrected chi connectivity index (χ1v) is 26.0. The lowest BCUT2D eigenvalue weighted by Gasteiger charge is -2.18. The summed E-state index contributed by atoms with van der Waals surface area (Å²) in [4.78, 5) is 37.9. The zero-order chi connectivity index (χ0) is 46.7. The van der Waals surface area contributed by atoms with Crippen LogP contribution < -0.4 is 0 Å². The zero-order valence-electron chi connectivity index (χ0n) is 40.7. The van der Waals surface area contributed by atoms with E-state index in [0.717, 1.165) is 57.8 Å². The molecule has 2 rings (SSSR count). The minimum absolute atomic E-state index is 0.0290. The summed E-state index contributed by atoms with van der Waals surface area (Å²) >= 11 is 0. The molecule has 8 nitrogen and oxygen atoms in total. The summed E-state index contributed by atoms with van der Waals surface area (Å²) in [6, 6.07) is 0. The molecule has 0 aromatic rings. The van der Waals surface area contributed by atoms with E-state index in [2.05, 4.69) is 67.4 Å². The molecule has 2 saturated heterocycles. The lowest BCUT2D eigenvalue weighted by atomic mass is 10.0. The van der Waals surface area contributed by atoms with Crippen LogP contribution in [-0.2, 0) is 38.1 Å². The first-order valence-electron chi connectivity index (χ1n) is 26.0. The van der Waals surface area contributed by atoms with Crippen LogP contribution in [0.15, 0.2) is 25.3 Å². The van der Waals surface area contributed by atoms with Gasteiger partial charge in [-0.25, -0.2) is 0 Å². The molecule has 0 radical (unpaired) electrons. The molecule has 0 amide bonds. The molecule has 5 atom stereocenters. The number of allylic oxidation sites excluding steroid dienone is 2. The number of carbonyl (C=O) groups is 3. The smallest absolute Gasteiger partial charge is 0.307 e. The van der Waals surface area contributed by atoms with Gasteiger partial charge in [0, 0.05) is 19.3 Å². The Kier molecular flexibility index (Phi) is 36.5. The van der Waals surface area contributed by atoms with Gasteiger partial charge < -0.3 is 23.7 Å². The monoisotopic (exact) mass is 899 g/mol. The van der Waals surface area contributed by atoms with E-state index in [9.17, 15) is 14.4 Å². The minimum Gasteiger partial charge on any atom is -0.462 e. The Hall–Kier alpha value is -3.95. The zero-order valence-corrected chi connectivity index (χ0v) is 40.7. The maximum atomic E-state index is 12.7. The van der Waals surface area contributed by atoms with Gasteiger partial charge in [-0.15, -0.1) is 13.2 Å². The van der Waals surface area contributed by atoms with Crippen LogP contribution >= 0.6 is 0 Å². The normalized spacial score (nSPS) is 17.0. The molecule has 2 heterocycles. The molecular formula is C57H86O8. The van der Waals surface area contributed by atoms with Gasteiger partial charge in [0.1, 0.15) is 25.4 Å². The van der Waals surface area contributed by atoms with Crippen molar-refractivity contribution in [2.45, 2.75) is 256 Å². The SMILES string of the molecule is C=CCCCCCCC[C@@H]1O[C@H]1C#CC#CCCC(=O)OCC(COC(=O)CCCCCCCCCCCCCCCCC)OC(=O)CCC#CC#C[C@@H]1O[C@H]1CCCCCCCC=C. The summed E-state index contributed by atoms with van der Waals surface area (Å²) in [6.45, 7) is 9.38. The molecule has 362 valence electrons. The van der Waals surface area contributed by atoms with Gasteiger partial charge in [0.2, 0.25) is 0 Å². The van der Waals surface area contributed by atoms with E-state index in [4.69, 9.17) is 23.7 Å². The van der Waals surface area contributed by atoms with Crippen LogP contribution in [-0.4, -0.2) is 61.6 Å². The third kappa shape index (κ3) is 35.9. The summed E-state index contributed by atoms with van der Waals surface area (Å²) < 4.78 is 27.8. The van der Waals surface area contributed by atoms with Crippen LogP contribution in [0, 0.1) is 47.4 Å². The van der Waals surface area contributed by atoms with Gasteiger partial charge >= 0.3 is 17.9 Å². The van der Waals surface area contributed by atoms with E-state index in [0.29, 0.717) is 6.42 Å². The first kappa shape index (κ1) is 57.2. The second-order valence-corrected chi connectivity index (χ2v) is 17.8. The second-order valence-electron chi connectivity index (χ2n) is 17.8. The van der Waals surface area contributed by atoms with Gasteiger partial charge in [0.15, 0.2) is 6.10 Å². The maximum absolute atomic E-state index is 12.7. The fourth-order valence-corrected chi connectivity index (χ4v) is 7.58. The van der Waals surface area contributed by atoms with Crippen molar-refractivity contribution in [3.05, 3.63) is 25.3 Å². The molecule has 2 fully saturated rings. The Labute approximate surface area is 396 Å². The molecule has 0 aliphatic carbocycles. The molecule has 8 heteroatoms. The summed E-state index contributed by atoms with van der Waals surface area (Å²) in [5.74, 6) is 21.8. The number of hydrogen-bond acceptors (Lipinski definition) is 8. The standard InChI is InChI=1S/C57H86O8/c1-4-7-10-13-16-17-18-19-20-21-22-23-26-29-38-45-55(58)61-48-50(63-57(60)47-40-33-31-37-44-54-52(65-54)42-35-28-25-15-12-9-6-3)49-62-56(59)46-39-32-30-36-43-53-51(64-53)41-34-27-24-14-11-8-5-2/h5-6,50-54H,2-4,7-29,34-35,38-42,45-49H2,1H3/t50?,51-,52-,53-,54-/m0/s1. The Morgan fingerprint density at radius 1 is 0.492 bits per heavy atom. The lowest BCUT2D eigenvalue weighted by molar-refractivity contribution is -0.166. The van der Waals surface area contributed by atoms with E-state index >= 15 is 0 Å². The van der Waals surface area contributed by atoms with Crippen LogP contribution in [0.4, 0.5) is 0 Å². The number of epoxide rings is 2. The van der Waals surface area contributed by atoms with Crippen LogP contribution in [0.1, 0.15) is 225 Å². The topological polar surface area (TPSA) is 104 Å². The molecule has 0 aromatic heterocycles. The third-order valence-corrected chi connectivity index (χ3v) is 11.7. The van der Waals surface area contributed by atoms with E-state index < -0.39 is 18.0 Å². The van der Waals surface area contributed by atoms with Crippen LogP contribution in [0.25, 0.3) is 0 Å².